The number of carbonyl (C=O) groups is 2. The lowest BCUT2D eigenvalue weighted by atomic mass is 10.1. The van der Waals surface area contributed by atoms with Crippen molar-refractivity contribution in [2.75, 3.05) is 6.61 Å². The summed E-state index contributed by atoms with van der Waals surface area (Å²) in [6.45, 7) is 0.597. The van der Waals surface area contributed by atoms with E-state index >= 15 is 0 Å². The quantitative estimate of drug-likeness (QED) is 0.558. The van der Waals surface area contributed by atoms with Crippen molar-refractivity contribution < 1.29 is 19.4 Å². The van der Waals surface area contributed by atoms with Gasteiger partial charge in [-0.1, -0.05) is 0 Å². The summed E-state index contributed by atoms with van der Waals surface area (Å²) in [5.74, 6) is -1.56. The molecule has 1 aliphatic rings. The number of carboxylic acid groups (broad SMARTS) is 1. The maximum atomic E-state index is 11.1. The van der Waals surface area contributed by atoms with Gasteiger partial charge in [0.05, 0.1) is 6.61 Å². The molecule has 1 aliphatic heterocycles. The van der Waals surface area contributed by atoms with Gasteiger partial charge in [-0.25, -0.2) is 4.79 Å². The minimum absolute atomic E-state index is 0.210. The number of hydrogen-bond donors (Lipinski definition) is 1. The number of rotatable bonds is 2. The lowest BCUT2D eigenvalue weighted by Crippen LogP contribution is -2.12. The van der Waals surface area contributed by atoms with Crippen molar-refractivity contribution in [2.45, 2.75) is 6.42 Å². The van der Waals surface area contributed by atoms with Crippen LogP contribution < -0.4 is 4.74 Å². The van der Waals surface area contributed by atoms with Gasteiger partial charge in [-0.3, -0.25) is 4.79 Å². The van der Waals surface area contributed by atoms with E-state index in [-0.39, 0.29) is 5.56 Å². The Balaban J connectivity index is 2.38. The van der Waals surface area contributed by atoms with Gasteiger partial charge < -0.3 is 9.84 Å². The number of ketones is 1. The van der Waals surface area contributed by atoms with E-state index in [4.69, 9.17) is 9.84 Å². The van der Waals surface area contributed by atoms with Crippen LogP contribution in [0.5, 0.6) is 5.75 Å². The Morgan fingerprint density at radius 2 is 2.14 bits per heavy atom. The summed E-state index contributed by atoms with van der Waals surface area (Å²) in [5.41, 5.74) is 1.11. The molecule has 0 spiro atoms. The topological polar surface area (TPSA) is 63.6 Å². The first-order valence-electron chi connectivity index (χ1n) is 4.22. The highest BCUT2D eigenvalue weighted by molar-refractivity contribution is 6.39. The zero-order valence-electron chi connectivity index (χ0n) is 7.32. The van der Waals surface area contributed by atoms with Crippen LogP contribution in [0.1, 0.15) is 15.9 Å². The fourth-order valence-electron chi connectivity index (χ4n) is 1.45. The number of aliphatic carboxylic acids is 1. The Bertz CT molecular complexity index is 409. The number of ether oxygens (including phenoxy) is 1. The maximum Gasteiger partial charge on any atom is 0.377 e. The van der Waals surface area contributed by atoms with E-state index in [1.165, 1.54) is 6.07 Å². The summed E-state index contributed by atoms with van der Waals surface area (Å²) in [6, 6.07) is 4.69. The minimum Gasteiger partial charge on any atom is -0.493 e. The average Bonchev–Trinajstić information content (AvgIpc) is 2.62. The van der Waals surface area contributed by atoms with Crippen LogP contribution in [-0.4, -0.2) is 23.5 Å². The molecule has 14 heavy (non-hydrogen) atoms. The Morgan fingerprint density at radius 3 is 2.86 bits per heavy atom. The highest BCUT2D eigenvalue weighted by Gasteiger charge is 2.18. The normalized spacial score (nSPS) is 13.1. The van der Waals surface area contributed by atoms with Crippen LogP contribution in [0.15, 0.2) is 18.2 Å². The smallest absolute Gasteiger partial charge is 0.377 e. The third kappa shape index (κ3) is 1.35. The first kappa shape index (κ1) is 8.74. The van der Waals surface area contributed by atoms with Gasteiger partial charge in [0, 0.05) is 12.0 Å². The molecule has 1 aromatic carbocycles. The summed E-state index contributed by atoms with van der Waals surface area (Å²) in [4.78, 5) is 21.5. The molecule has 4 heteroatoms. The zero-order chi connectivity index (χ0) is 10.1. The number of benzene rings is 1. The monoisotopic (exact) mass is 192 g/mol. The first-order chi connectivity index (χ1) is 6.68. The highest BCUT2D eigenvalue weighted by atomic mass is 16.5. The molecule has 1 aromatic rings. The zero-order valence-corrected chi connectivity index (χ0v) is 7.32. The first-order valence-corrected chi connectivity index (χ1v) is 4.22. The van der Waals surface area contributed by atoms with Crippen LogP contribution >= 0.6 is 0 Å². The Hall–Kier alpha value is -1.84. The van der Waals surface area contributed by atoms with Gasteiger partial charge in [0.15, 0.2) is 0 Å². The molecular formula is C10H8O4. The van der Waals surface area contributed by atoms with E-state index < -0.39 is 11.8 Å². The van der Waals surface area contributed by atoms with Crippen molar-refractivity contribution in [3.63, 3.8) is 0 Å². The Kier molecular flexibility index (Phi) is 1.96. The fraction of sp³-hybridized carbons (Fsp3) is 0.200. The molecule has 0 bridgehead atoms. The molecule has 0 atom stereocenters. The van der Waals surface area contributed by atoms with Crippen molar-refractivity contribution in [2.24, 2.45) is 0 Å². The summed E-state index contributed by atoms with van der Waals surface area (Å²) >= 11 is 0. The van der Waals surface area contributed by atoms with E-state index in [0.29, 0.717) is 6.61 Å². The summed E-state index contributed by atoms with van der Waals surface area (Å²) in [5, 5.41) is 8.50. The molecular weight excluding hydrogens is 184 g/mol. The van der Waals surface area contributed by atoms with E-state index in [0.717, 1.165) is 17.7 Å². The van der Waals surface area contributed by atoms with Crippen LogP contribution in [-0.2, 0) is 11.2 Å². The largest absolute Gasteiger partial charge is 0.493 e. The molecule has 0 amide bonds. The van der Waals surface area contributed by atoms with Crippen molar-refractivity contribution in [3.05, 3.63) is 29.3 Å². The number of fused-ring (bicyclic) bond motifs is 1. The molecule has 0 aromatic heterocycles. The maximum absolute atomic E-state index is 11.1. The summed E-state index contributed by atoms with van der Waals surface area (Å²) in [6.07, 6.45) is 0.732. The number of hydrogen-bond acceptors (Lipinski definition) is 3. The summed E-state index contributed by atoms with van der Waals surface area (Å²) in [7, 11) is 0. The van der Waals surface area contributed by atoms with Crippen LogP contribution in [0.3, 0.4) is 0 Å². The van der Waals surface area contributed by atoms with Gasteiger partial charge in [0.2, 0.25) is 0 Å². The molecule has 0 unspecified atom stereocenters. The van der Waals surface area contributed by atoms with E-state index in [9.17, 15) is 9.59 Å². The molecule has 0 radical (unpaired) electrons. The molecule has 1 heterocycles. The van der Waals surface area contributed by atoms with Gasteiger partial charge in [-0.2, -0.15) is 0 Å². The van der Waals surface area contributed by atoms with Crippen LogP contribution in [0.25, 0.3) is 0 Å². The molecule has 72 valence electrons. The lowest BCUT2D eigenvalue weighted by molar-refractivity contribution is -0.131. The lowest BCUT2D eigenvalue weighted by Gasteiger charge is -2.00. The molecule has 0 aliphatic carbocycles. The van der Waals surface area contributed by atoms with Gasteiger partial charge in [-0.05, 0) is 23.8 Å². The predicted octanol–water partition coefficient (Wildman–Crippen LogP) is 0.889. The van der Waals surface area contributed by atoms with Crippen LogP contribution in [0, 0.1) is 0 Å². The average molecular weight is 192 g/mol. The second-order valence-corrected chi connectivity index (χ2v) is 3.06. The second-order valence-electron chi connectivity index (χ2n) is 3.06. The van der Waals surface area contributed by atoms with E-state index in [1.807, 2.05) is 0 Å². The van der Waals surface area contributed by atoms with Crippen molar-refractivity contribution in [1.29, 1.82) is 0 Å². The molecule has 0 saturated carbocycles. The number of Topliss-reactive ketones (excluding diaryl/α,β-unsaturated/α-hetero) is 1. The molecule has 2 rings (SSSR count). The standard InChI is InChI=1S/C10H8O4/c11-9(10(12)13)7-1-2-8-6(5-7)3-4-14-8/h1-2,5H,3-4H2,(H,12,13). The van der Waals surface area contributed by atoms with Crippen molar-refractivity contribution in [3.8, 4) is 5.75 Å². The Morgan fingerprint density at radius 1 is 1.36 bits per heavy atom. The van der Waals surface area contributed by atoms with E-state index in [2.05, 4.69) is 0 Å². The molecule has 0 fully saturated rings. The number of carboxylic acids is 1. The second kappa shape index (κ2) is 3.14. The molecule has 1 N–H and O–H groups in total. The third-order valence-electron chi connectivity index (χ3n) is 2.15. The van der Waals surface area contributed by atoms with Gasteiger partial charge >= 0.3 is 5.97 Å². The Labute approximate surface area is 80.1 Å². The van der Waals surface area contributed by atoms with Gasteiger partial charge in [-0.15, -0.1) is 0 Å². The van der Waals surface area contributed by atoms with Crippen molar-refractivity contribution in [1.82, 2.24) is 0 Å². The van der Waals surface area contributed by atoms with Crippen LogP contribution in [0.2, 0.25) is 0 Å². The SMILES string of the molecule is O=C(O)C(=O)c1ccc2c(c1)CCO2. The number of carbonyl (C=O) groups excluding carboxylic acids is 1. The fourth-order valence-corrected chi connectivity index (χ4v) is 1.45. The third-order valence-corrected chi connectivity index (χ3v) is 2.15. The highest BCUT2D eigenvalue weighted by Crippen LogP contribution is 2.25. The molecule has 0 saturated heterocycles. The minimum atomic E-state index is -1.43. The van der Waals surface area contributed by atoms with E-state index in [1.54, 1.807) is 12.1 Å². The van der Waals surface area contributed by atoms with Gasteiger partial charge in [0.25, 0.3) is 5.78 Å². The van der Waals surface area contributed by atoms with Crippen molar-refractivity contribution >= 4 is 11.8 Å². The molecule has 4 nitrogen and oxygen atoms in total. The predicted molar refractivity (Wildman–Crippen MR) is 47.6 cm³/mol. The summed E-state index contributed by atoms with van der Waals surface area (Å²) < 4.78 is 5.23. The van der Waals surface area contributed by atoms with Crippen LogP contribution in [0.4, 0.5) is 0 Å². The van der Waals surface area contributed by atoms with Gasteiger partial charge in [0.1, 0.15) is 5.75 Å².